The van der Waals surface area contributed by atoms with Crippen LogP contribution in [0.1, 0.15) is 92.9 Å². The maximum Gasteiger partial charge on any atom is 0.303 e. The first kappa shape index (κ1) is 27.7. The van der Waals surface area contributed by atoms with Gasteiger partial charge in [-0.25, -0.2) is 0 Å². The molecule has 3 saturated carbocycles. The van der Waals surface area contributed by atoms with Gasteiger partial charge in [0.25, 0.3) is 0 Å². The number of aliphatic carboxylic acids is 1. The van der Waals surface area contributed by atoms with Gasteiger partial charge in [-0.1, -0.05) is 39.3 Å². The molecule has 5 N–H and O–H groups in total. The minimum atomic E-state index is -1.45. The summed E-state index contributed by atoms with van der Waals surface area (Å²) in [7, 11) is 0. The molecule has 0 spiro atoms. The molecular weight excluding hydrogens is 460 g/mol. The molecule has 204 valence electrons. The number of aliphatic hydroxyl groups is 4. The second-order valence-corrected chi connectivity index (χ2v) is 14.2. The molecule has 0 bridgehead atoms. The Balaban J connectivity index is 1.87. The van der Waals surface area contributed by atoms with E-state index in [4.69, 9.17) is 0 Å². The van der Waals surface area contributed by atoms with E-state index >= 15 is 0 Å². The lowest BCUT2D eigenvalue weighted by atomic mass is 9.35. The molecule has 0 heterocycles. The average molecular weight is 507 g/mol. The smallest absolute Gasteiger partial charge is 0.303 e. The number of ketones is 1. The lowest BCUT2D eigenvalue weighted by Gasteiger charge is -2.70. The highest BCUT2D eigenvalue weighted by Gasteiger charge is 2.71. The number of hydrogen-bond acceptors (Lipinski definition) is 6. The third kappa shape index (κ3) is 3.67. The topological polar surface area (TPSA) is 135 Å². The van der Waals surface area contributed by atoms with E-state index in [1.54, 1.807) is 13.8 Å². The summed E-state index contributed by atoms with van der Waals surface area (Å²) in [5, 5.41) is 54.3. The molecule has 4 aliphatic carbocycles. The first-order valence-electron chi connectivity index (χ1n) is 13.6. The normalized spacial score (nSPS) is 48.9. The van der Waals surface area contributed by atoms with Crippen LogP contribution < -0.4 is 0 Å². The van der Waals surface area contributed by atoms with Crippen molar-refractivity contribution in [3.63, 3.8) is 0 Å². The molecule has 3 fully saturated rings. The number of carbonyl (C=O) groups excluding carboxylic acids is 1. The summed E-state index contributed by atoms with van der Waals surface area (Å²) >= 11 is 0. The fourth-order valence-electron chi connectivity index (χ4n) is 9.33. The van der Waals surface area contributed by atoms with Crippen LogP contribution in [0.5, 0.6) is 0 Å². The molecular formula is C29H46O7. The molecule has 0 saturated heterocycles. The summed E-state index contributed by atoms with van der Waals surface area (Å²) < 4.78 is 0. The Hall–Kier alpha value is -1.28. The maximum atomic E-state index is 13.7. The Labute approximate surface area is 215 Å². The fourth-order valence-corrected chi connectivity index (χ4v) is 9.33. The van der Waals surface area contributed by atoms with Crippen molar-refractivity contribution in [2.45, 2.75) is 110 Å². The zero-order valence-electron chi connectivity index (χ0n) is 22.8. The van der Waals surface area contributed by atoms with Crippen LogP contribution in [0.25, 0.3) is 0 Å². The van der Waals surface area contributed by atoms with Crippen molar-refractivity contribution < 1.29 is 35.1 Å². The van der Waals surface area contributed by atoms with Crippen molar-refractivity contribution in [1.82, 2.24) is 0 Å². The number of carbonyl (C=O) groups is 2. The van der Waals surface area contributed by atoms with Gasteiger partial charge in [0, 0.05) is 36.2 Å². The molecule has 4 rings (SSSR count). The third-order valence-corrected chi connectivity index (χ3v) is 11.7. The Morgan fingerprint density at radius 1 is 1.17 bits per heavy atom. The predicted octanol–water partition coefficient (Wildman–Crippen LogP) is 3.47. The second-order valence-electron chi connectivity index (χ2n) is 14.2. The van der Waals surface area contributed by atoms with Gasteiger partial charge in [0.2, 0.25) is 0 Å². The Kier molecular flexibility index (Phi) is 6.44. The van der Waals surface area contributed by atoms with Crippen LogP contribution in [-0.4, -0.2) is 61.2 Å². The molecule has 0 amide bonds. The van der Waals surface area contributed by atoms with Gasteiger partial charge in [-0.3, -0.25) is 9.59 Å². The molecule has 0 aromatic carbocycles. The van der Waals surface area contributed by atoms with Crippen molar-refractivity contribution in [1.29, 1.82) is 0 Å². The van der Waals surface area contributed by atoms with Crippen LogP contribution in [0.4, 0.5) is 0 Å². The van der Waals surface area contributed by atoms with E-state index in [0.29, 0.717) is 38.5 Å². The van der Waals surface area contributed by atoms with E-state index in [1.807, 2.05) is 20.8 Å². The molecule has 0 aliphatic heterocycles. The summed E-state index contributed by atoms with van der Waals surface area (Å²) in [6, 6.07) is 0. The largest absolute Gasteiger partial charge is 0.481 e. The highest BCUT2D eigenvalue weighted by atomic mass is 16.4. The second kappa shape index (κ2) is 8.36. The Morgan fingerprint density at radius 2 is 1.81 bits per heavy atom. The first-order chi connectivity index (χ1) is 16.4. The number of carboxylic acid groups (broad SMARTS) is 1. The number of hydrogen-bond donors (Lipinski definition) is 5. The van der Waals surface area contributed by atoms with Crippen molar-refractivity contribution in [2.24, 2.45) is 39.4 Å². The highest BCUT2D eigenvalue weighted by molar-refractivity contribution is 5.91. The van der Waals surface area contributed by atoms with Gasteiger partial charge < -0.3 is 25.5 Å². The maximum absolute atomic E-state index is 13.7. The van der Waals surface area contributed by atoms with Crippen molar-refractivity contribution in [2.75, 3.05) is 6.61 Å². The van der Waals surface area contributed by atoms with Crippen LogP contribution in [-0.2, 0) is 9.59 Å². The quantitative estimate of drug-likeness (QED) is 0.360. The van der Waals surface area contributed by atoms with Crippen molar-refractivity contribution in [3.8, 4) is 0 Å². The van der Waals surface area contributed by atoms with E-state index < -0.39 is 45.4 Å². The molecule has 9 atom stereocenters. The summed E-state index contributed by atoms with van der Waals surface area (Å²) in [5.41, 5.74) is -4.02. The van der Waals surface area contributed by atoms with Crippen LogP contribution in [0, 0.1) is 39.4 Å². The highest BCUT2D eigenvalue weighted by Crippen LogP contribution is 2.72. The minimum absolute atomic E-state index is 0.0131. The molecule has 4 aliphatic rings. The Morgan fingerprint density at radius 3 is 2.36 bits per heavy atom. The van der Waals surface area contributed by atoms with Gasteiger partial charge in [-0.15, -0.1) is 0 Å². The Bertz CT molecular complexity index is 967. The standard InChI is InChI=1S/C29H46O7/c1-24(2,35)20-13-21(31)28(6)19(26(20,4)10-9-23(33)34)8-7-17-18-14-25(3,16-30)11-12-29(18,36)22(32)15-27(17,28)5/h7,18-21,30-31,35-36H,8-16H2,1-6H3,(H,33,34)/t18-,19+,20?,21-,25+,26+,27+,28-,29+/m0/s1. The van der Waals surface area contributed by atoms with Crippen LogP contribution >= 0.6 is 0 Å². The van der Waals surface area contributed by atoms with E-state index in [0.717, 1.165) is 5.57 Å². The van der Waals surface area contributed by atoms with Crippen molar-refractivity contribution in [3.05, 3.63) is 11.6 Å². The van der Waals surface area contributed by atoms with Gasteiger partial charge in [-0.05, 0) is 75.0 Å². The predicted molar refractivity (Wildman–Crippen MR) is 135 cm³/mol. The number of carboxylic acids is 1. The molecule has 0 radical (unpaired) electrons. The lowest BCUT2D eigenvalue weighted by Crippen LogP contribution is -2.70. The SMILES string of the molecule is CC(C)(O)C1C[C@H](O)[C@]2(C)[C@H](CC=C3[C@@H]4C[C@](C)(CO)CC[C@]4(O)C(=O)C[C@]32C)[C@@]1(C)CCC(=O)O. The average Bonchev–Trinajstić information content (AvgIpc) is 2.77. The molecule has 7 nitrogen and oxygen atoms in total. The monoisotopic (exact) mass is 506 g/mol. The lowest BCUT2D eigenvalue weighted by molar-refractivity contribution is -0.232. The summed E-state index contributed by atoms with van der Waals surface area (Å²) in [5.74, 6) is -1.99. The minimum Gasteiger partial charge on any atom is -0.481 e. The van der Waals surface area contributed by atoms with E-state index in [1.165, 1.54) is 0 Å². The molecule has 1 unspecified atom stereocenters. The van der Waals surface area contributed by atoms with E-state index in [9.17, 15) is 35.1 Å². The van der Waals surface area contributed by atoms with Crippen LogP contribution in [0.15, 0.2) is 11.6 Å². The number of allylic oxidation sites excluding steroid dienone is 1. The third-order valence-electron chi connectivity index (χ3n) is 11.7. The molecule has 36 heavy (non-hydrogen) atoms. The number of rotatable bonds is 5. The van der Waals surface area contributed by atoms with E-state index in [2.05, 4.69) is 13.0 Å². The fraction of sp³-hybridized carbons (Fsp3) is 0.862. The number of fused-ring (bicyclic) bond motifs is 5. The van der Waals surface area contributed by atoms with Gasteiger partial charge in [0.05, 0.1) is 11.7 Å². The van der Waals surface area contributed by atoms with Gasteiger partial charge in [-0.2, -0.15) is 0 Å². The molecule has 7 heteroatoms. The van der Waals surface area contributed by atoms with Gasteiger partial charge in [0.15, 0.2) is 5.78 Å². The van der Waals surface area contributed by atoms with Crippen LogP contribution in [0.2, 0.25) is 0 Å². The molecule has 0 aromatic heterocycles. The summed E-state index contributed by atoms with van der Waals surface area (Å²) in [6.45, 7) is 11.6. The molecule has 0 aromatic rings. The van der Waals surface area contributed by atoms with Gasteiger partial charge >= 0.3 is 5.97 Å². The number of aliphatic hydroxyl groups excluding tert-OH is 2. The van der Waals surface area contributed by atoms with Crippen LogP contribution in [0.3, 0.4) is 0 Å². The zero-order chi connectivity index (χ0) is 27.1. The summed E-state index contributed by atoms with van der Waals surface area (Å²) in [4.78, 5) is 25.3. The van der Waals surface area contributed by atoms with E-state index in [-0.39, 0.29) is 42.5 Å². The first-order valence-corrected chi connectivity index (χ1v) is 13.6. The van der Waals surface area contributed by atoms with Crippen molar-refractivity contribution >= 4 is 11.8 Å². The number of Topliss-reactive ketones (excluding diaryl/α,β-unsaturated/α-hetero) is 1. The van der Waals surface area contributed by atoms with Gasteiger partial charge in [0.1, 0.15) is 5.60 Å². The summed E-state index contributed by atoms with van der Waals surface area (Å²) in [6.07, 6.45) is 4.09. The zero-order valence-corrected chi connectivity index (χ0v) is 22.8.